The van der Waals surface area contributed by atoms with Crippen LogP contribution in [0.15, 0.2) is 12.4 Å². The summed E-state index contributed by atoms with van der Waals surface area (Å²) in [6, 6.07) is 0. The smallest absolute Gasteiger partial charge is 0.232 e. The van der Waals surface area contributed by atoms with Gasteiger partial charge in [0.15, 0.2) is 0 Å². The van der Waals surface area contributed by atoms with Gasteiger partial charge in [-0.2, -0.15) is 0 Å². The molecule has 1 aliphatic heterocycles. The van der Waals surface area contributed by atoms with Gasteiger partial charge in [-0.15, -0.1) is 0 Å². The molecule has 2 rings (SSSR count). The third-order valence-electron chi connectivity index (χ3n) is 3.32. The van der Waals surface area contributed by atoms with Crippen LogP contribution in [0.5, 0.6) is 5.88 Å². The molecule has 0 aliphatic carbocycles. The molecule has 5 heteroatoms. The first-order chi connectivity index (χ1) is 9.53. The number of likely N-dealkylation sites (tertiary alicyclic amines) is 1. The van der Waals surface area contributed by atoms with Crippen molar-refractivity contribution in [1.29, 1.82) is 0 Å². The lowest BCUT2D eigenvalue weighted by atomic mass is 10.1. The Hall–Kier alpha value is -1.20. The standard InChI is InChI=1S/C15H26N4O/c1-15(2,3)17-11-13-10-16-12-14(18-13)20-9-8-19-6-4-5-7-19/h10,12,17H,4-9,11H2,1-3H3. The maximum Gasteiger partial charge on any atom is 0.232 e. The molecule has 0 saturated carbocycles. The molecular formula is C15H26N4O. The Bertz CT molecular complexity index is 411. The molecule has 5 nitrogen and oxygen atoms in total. The van der Waals surface area contributed by atoms with E-state index >= 15 is 0 Å². The van der Waals surface area contributed by atoms with Crippen LogP contribution < -0.4 is 10.1 Å². The van der Waals surface area contributed by atoms with Crippen molar-refractivity contribution in [3.05, 3.63) is 18.1 Å². The molecular weight excluding hydrogens is 252 g/mol. The summed E-state index contributed by atoms with van der Waals surface area (Å²) in [4.78, 5) is 11.1. The van der Waals surface area contributed by atoms with Gasteiger partial charge in [0.05, 0.1) is 11.9 Å². The van der Waals surface area contributed by atoms with Gasteiger partial charge in [0.1, 0.15) is 6.61 Å². The fourth-order valence-corrected chi connectivity index (χ4v) is 2.18. The van der Waals surface area contributed by atoms with Crippen molar-refractivity contribution in [2.45, 2.75) is 45.7 Å². The SMILES string of the molecule is CC(C)(C)NCc1cncc(OCCN2CCCC2)n1. The molecule has 0 atom stereocenters. The minimum Gasteiger partial charge on any atom is -0.475 e. The predicted molar refractivity (Wildman–Crippen MR) is 79.8 cm³/mol. The monoisotopic (exact) mass is 278 g/mol. The highest BCUT2D eigenvalue weighted by Crippen LogP contribution is 2.09. The summed E-state index contributed by atoms with van der Waals surface area (Å²) in [6.45, 7) is 11.2. The summed E-state index contributed by atoms with van der Waals surface area (Å²) in [7, 11) is 0. The fourth-order valence-electron chi connectivity index (χ4n) is 2.18. The number of nitrogens with zero attached hydrogens (tertiary/aromatic N) is 3. The first-order valence-corrected chi connectivity index (χ1v) is 7.44. The van der Waals surface area contributed by atoms with Gasteiger partial charge in [-0.05, 0) is 46.7 Å². The van der Waals surface area contributed by atoms with Crippen molar-refractivity contribution in [3.63, 3.8) is 0 Å². The Morgan fingerprint density at radius 1 is 1.25 bits per heavy atom. The minimum absolute atomic E-state index is 0.0777. The van der Waals surface area contributed by atoms with Crippen molar-refractivity contribution in [3.8, 4) is 5.88 Å². The predicted octanol–water partition coefficient (Wildman–Crippen LogP) is 1.84. The van der Waals surface area contributed by atoms with Crippen LogP contribution in [-0.2, 0) is 6.54 Å². The van der Waals surface area contributed by atoms with E-state index < -0.39 is 0 Å². The number of nitrogens with one attached hydrogen (secondary N) is 1. The topological polar surface area (TPSA) is 50.3 Å². The molecule has 2 heterocycles. The quantitative estimate of drug-likeness (QED) is 0.860. The molecule has 0 amide bonds. The summed E-state index contributed by atoms with van der Waals surface area (Å²) in [6.07, 6.45) is 6.10. The third-order valence-corrected chi connectivity index (χ3v) is 3.32. The van der Waals surface area contributed by atoms with Crippen molar-refractivity contribution in [1.82, 2.24) is 20.2 Å². The van der Waals surface area contributed by atoms with Crippen LogP contribution in [0, 0.1) is 0 Å². The zero-order valence-electron chi connectivity index (χ0n) is 12.9. The average Bonchev–Trinajstić information content (AvgIpc) is 2.89. The van der Waals surface area contributed by atoms with Crippen LogP contribution in [0.2, 0.25) is 0 Å². The van der Waals surface area contributed by atoms with E-state index in [1.807, 2.05) is 0 Å². The highest BCUT2D eigenvalue weighted by Gasteiger charge is 2.12. The van der Waals surface area contributed by atoms with Gasteiger partial charge in [0, 0.05) is 24.8 Å². The second-order valence-electron chi connectivity index (χ2n) is 6.35. The van der Waals surface area contributed by atoms with Gasteiger partial charge < -0.3 is 10.1 Å². The molecule has 1 N–H and O–H groups in total. The van der Waals surface area contributed by atoms with Gasteiger partial charge in [-0.3, -0.25) is 9.88 Å². The van der Waals surface area contributed by atoms with E-state index in [1.54, 1.807) is 12.4 Å². The Morgan fingerprint density at radius 3 is 2.70 bits per heavy atom. The molecule has 1 aromatic heterocycles. The summed E-state index contributed by atoms with van der Waals surface area (Å²) in [5.41, 5.74) is 0.993. The van der Waals surface area contributed by atoms with E-state index in [0.717, 1.165) is 12.2 Å². The molecule has 1 aromatic rings. The number of rotatable bonds is 6. The number of ether oxygens (including phenoxy) is 1. The van der Waals surface area contributed by atoms with E-state index in [9.17, 15) is 0 Å². The maximum absolute atomic E-state index is 5.70. The summed E-state index contributed by atoms with van der Waals surface area (Å²) < 4.78 is 5.70. The largest absolute Gasteiger partial charge is 0.475 e. The molecule has 0 spiro atoms. The highest BCUT2D eigenvalue weighted by atomic mass is 16.5. The van der Waals surface area contributed by atoms with Gasteiger partial charge in [-0.1, -0.05) is 0 Å². The van der Waals surface area contributed by atoms with Crippen molar-refractivity contribution in [2.75, 3.05) is 26.2 Å². The molecule has 0 aromatic carbocycles. The lowest BCUT2D eigenvalue weighted by Gasteiger charge is -2.20. The normalized spacial score (nSPS) is 16.6. The second kappa shape index (κ2) is 6.99. The maximum atomic E-state index is 5.70. The Morgan fingerprint density at radius 2 is 2.00 bits per heavy atom. The lowest BCUT2D eigenvalue weighted by molar-refractivity contribution is 0.230. The third kappa shape index (κ3) is 5.43. The zero-order chi connectivity index (χ0) is 14.4. The van der Waals surface area contributed by atoms with Crippen LogP contribution in [0.3, 0.4) is 0 Å². The second-order valence-corrected chi connectivity index (χ2v) is 6.35. The molecule has 0 bridgehead atoms. The van der Waals surface area contributed by atoms with Crippen LogP contribution >= 0.6 is 0 Å². The Labute approximate surface area is 121 Å². The first-order valence-electron chi connectivity index (χ1n) is 7.44. The van der Waals surface area contributed by atoms with Crippen LogP contribution in [0.4, 0.5) is 0 Å². The molecule has 1 fully saturated rings. The van der Waals surface area contributed by atoms with Gasteiger partial charge >= 0.3 is 0 Å². The number of aromatic nitrogens is 2. The summed E-state index contributed by atoms with van der Waals surface area (Å²) in [5.74, 6) is 0.623. The van der Waals surface area contributed by atoms with Gasteiger partial charge in [0.25, 0.3) is 0 Å². The Balaban J connectivity index is 1.76. The number of hydrogen-bond donors (Lipinski definition) is 1. The van der Waals surface area contributed by atoms with Crippen LogP contribution in [-0.4, -0.2) is 46.6 Å². The molecule has 1 aliphatic rings. The van der Waals surface area contributed by atoms with E-state index in [-0.39, 0.29) is 5.54 Å². The van der Waals surface area contributed by atoms with Crippen molar-refractivity contribution in [2.24, 2.45) is 0 Å². The summed E-state index contributed by atoms with van der Waals surface area (Å²) in [5, 5.41) is 3.40. The number of hydrogen-bond acceptors (Lipinski definition) is 5. The van der Waals surface area contributed by atoms with E-state index in [1.165, 1.54) is 25.9 Å². The molecule has 112 valence electrons. The van der Waals surface area contributed by atoms with E-state index in [0.29, 0.717) is 19.0 Å². The first kappa shape index (κ1) is 15.2. The van der Waals surface area contributed by atoms with Gasteiger partial charge in [0.2, 0.25) is 5.88 Å². The van der Waals surface area contributed by atoms with E-state index in [2.05, 4.69) is 41.0 Å². The minimum atomic E-state index is 0.0777. The van der Waals surface area contributed by atoms with Crippen LogP contribution in [0.1, 0.15) is 39.3 Å². The Kier molecular flexibility index (Phi) is 5.31. The average molecular weight is 278 g/mol. The molecule has 20 heavy (non-hydrogen) atoms. The van der Waals surface area contributed by atoms with E-state index in [4.69, 9.17) is 4.74 Å². The fraction of sp³-hybridized carbons (Fsp3) is 0.733. The molecule has 1 saturated heterocycles. The highest BCUT2D eigenvalue weighted by molar-refractivity contribution is 5.08. The summed E-state index contributed by atoms with van der Waals surface area (Å²) >= 11 is 0. The van der Waals surface area contributed by atoms with Crippen LogP contribution in [0.25, 0.3) is 0 Å². The molecule has 0 unspecified atom stereocenters. The lowest BCUT2D eigenvalue weighted by Crippen LogP contribution is -2.35. The zero-order valence-corrected chi connectivity index (χ0v) is 12.9. The van der Waals surface area contributed by atoms with Crippen molar-refractivity contribution >= 4 is 0 Å². The van der Waals surface area contributed by atoms with Gasteiger partial charge in [-0.25, -0.2) is 4.98 Å². The molecule has 0 radical (unpaired) electrons. The van der Waals surface area contributed by atoms with Crippen molar-refractivity contribution < 1.29 is 4.74 Å².